The van der Waals surface area contributed by atoms with Gasteiger partial charge in [-0.25, -0.2) is 0 Å². The Hall–Kier alpha value is -1.15. The number of unbranched alkanes of at least 4 members (excludes halogenated alkanes) is 5. The summed E-state index contributed by atoms with van der Waals surface area (Å²) in [4.78, 5) is 2.58. The minimum Gasteiger partial charge on any atom is -0.496 e. The van der Waals surface area contributed by atoms with E-state index in [1.807, 2.05) is 18.9 Å². The van der Waals surface area contributed by atoms with Gasteiger partial charge in [0.2, 0.25) is 0 Å². The van der Waals surface area contributed by atoms with Gasteiger partial charge in [-0.15, -0.1) is 0 Å². The Morgan fingerprint density at radius 3 is 2.50 bits per heavy atom. The normalized spacial score (nSPS) is 23.1. The fourth-order valence-electron chi connectivity index (χ4n) is 4.70. The molecule has 30 heavy (non-hydrogen) atoms. The summed E-state index contributed by atoms with van der Waals surface area (Å²) < 4.78 is 6.02. The molecule has 0 radical (unpaired) electrons. The molecule has 0 aliphatic heterocycles. The number of benzene rings is 1. The first-order valence-corrected chi connectivity index (χ1v) is 13.1. The third kappa shape index (κ3) is 8.53. The van der Waals surface area contributed by atoms with Crippen LogP contribution in [-0.2, 0) is 4.74 Å². The average Bonchev–Trinajstić information content (AvgIpc) is 2.74. The number of thioether (sulfide) groups is 1. The first kappa shape index (κ1) is 25.1. The number of methoxy groups -OCH3 is 1. The minimum absolute atomic E-state index is 0.619. The molecule has 0 spiro atoms. The molecule has 0 bridgehead atoms. The molecule has 0 amide bonds. The fraction of sp³-hybridized carbons (Fsp3) is 0.643. The zero-order chi connectivity index (χ0) is 21.8. The van der Waals surface area contributed by atoms with Gasteiger partial charge >= 0.3 is 0 Å². The topological polar surface area (TPSA) is 9.23 Å². The molecule has 1 aromatic carbocycles. The smallest absolute Gasteiger partial charge is 0.128 e. The maximum Gasteiger partial charge on any atom is 0.128 e. The van der Waals surface area contributed by atoms with E-state index in [1.54, 1.807) is 0 Å². The molecule has 1 aliphatic rings. The predicted octanol–water partition coefficient (Wildman–Crippen LogP) is 9.26. The van der Waals surface area contributed by atoms with E-state index in [-0.39, 0.29) is 0 Å². The molecule has 0 aromatic heterocycles. The molecule has 2 rings (SSSR count). The van der Waals surface area contributed by atoms with Crippen molar-refractivity contribution in [2.24, 2.45) is 23.7 Å². The average molecular weight is 429 g/mol. The van der Waals surface area contributed by atoms with Gasteiger partial charge in [0.1, 0.15) is 5.76 Å². The maximum atomic E-state index is 6.02. The summed E-state index contributed by atoms with van der Waals surface area (Å²) in [7, 11) is 1.85. The van der Waals surface area contributed by atoms with Gasteiger partial charge in [-0.05, 0) is 67.6 Å². The van der Waals surface area contributed by atoms with Gasteiger partial charge in [-0.1, -0.05) is 95.8 Å². The molecule has 0 N–H and O–H groups in total. The first-order chi connectivity index (χ1) is 14.5. The van der Waals surface area contributed by atoms with E-state index in [0.29, 0.717) is 5.92 Å². The molecule has 2 heteroatoms. The van der Waals surface area contributed by atoms with Crippen molar-refractivity contribution in [3.63, 3.8) is 0 Å². The lowest BCUT2D eigenvalue weighted by atomic mass is 9.70. The van der Waals surface area contributed by atoms with Crippen LogP contribution >= 0.6 is 11.8 Å². The summed E-state index contributed by atoms with van der Waals surface area (Å²) in [6, 6.07) is 10.7. The van der Waals surface area contributed by atoms with Crippen LogP contribution in [0.1, 0.15) is 85.5 Å². The van der Waals surface area contributed by atoms with Crippen LogP contribution < -0.4 is 0 Å². The molecule has 0 heterocycles. The molecule has 1 fully saturated rings. The molecule has 0 unspecified atom stereocenters. The van der Waals surface area contributed by atoms with Crippen molar-refractivity contribution < 1.29 is 4.74 Å². The lowest BCUT2D eigenvalue weighted by Gasteiger charge is -2.36. The largest absolute Gasteiger partial charge is 0.496 e. The lowest BCUT2D eigenvalue weighted by molar-refractivity contribution is 0.173. The van der Waals surface area contributed by atoms with Gasteiger partial charge in [0, 0.05) is 9.80 Å². The maximum absolute atomic E-state index is 6.02. The predicted molar refractivity (Wildman–Crippen MR) is 134 cm³/mol. The highest BCUT2D eigenvalue weighted by Gasteiger charge is 2.30. The Kier molecular flexibility index (Phi) is 11.7. The van der Waals surface area contributed by atoms with E-state index in [1.165, 1.54) is 61.2 Å². The molecular formula is C28H44OS. The standard InChI is InChI=1S/C28H44OS/c1-6-7-8-9-10-14-17-28(30-25-15-12-11-13-16-25)27(29-5)21-24-20-23(4)18-19-26(24)22(2)3/h11-13,15-17,21-24,26H,6-10,14,18-20H2,1-5H3/b27-21-,28-17-/t23-,24+,26+/m1/s1. The number of allylic oxidation sites excluding steroid dienone is 2. The Bertz CT molecular complexity index is 646. The van der Waals surface area contributed by atoms with E-state index in [4.69, 9.17) is 4.74 Å². The second-order valence-electron chi connectivity index (χ2n) is 9.41. The molecule has 168 valence electrons. The Balaban J connectivity index is 2.20. The highest BCUT2D eigenvalue weighted by atomic mass is 32.2. The van der Waals surface area contributed by atoms with Crippen molar-refractivity contribution in [3.8, 4) is 0 Å². The van der Waals surface area contributed by atoms with Crippen LogP contribution in [0.2, 0.25) is 0 Å². The summed E-state index contributed by atoms with van der Waals surface area (Å²) in [5.41, 5.74) is 0. The number of hydrogen-bond acceptors (Lipinski definition) is 2. The van der Waals surface area contributed by atoms with E-state index < -0.39 is 0 Å². The number of rotatable bonds is 12. The summed E-state index contributed by atoms with van der Waals surface area (Å²) >= 11 is 1.86. The summed E-state index contributed by atoms with van der Waals surface area (Å²) in [6.45, 7) is 9.47. The van der Waals surface area contributed by atoms with Gasteiger partial charge in [-0.2, -0.15) is 0 Å². The second-order valence-corrected chi connectivity index (χ2v) is 10.5. The third-order valence-electron chi connectivity index (χ3n) is 6.51. The Labute approximate surface area is 190 Å². The molecule has 3 atom stereocenters. The van der Waals surface area contributed by atoms with Crippen molar-refractivity contribution in [3.05, 3.63) is 53.1 Å². The quantitative estimate of drug-likeness (QED) is 0.142. The van der Waals surface area contributed by atoms with Gasteiger partial charge in [-0.3, -0.25) is 0 Å². The van der Waals surface area contributed by atoms with Gasteiger partial charge in [0.05, 0.1) is 7.11 Å². The lowest BCUT2D eigenvalue weighted by Crippen LogP contribution is -2.26. The van der Waals surface area contributed by atoms with Gasteiger partial charge in [0.25, 0.3) is 0 Å². The summed E-state index contributed by atoms with van der Waals surface area (Å²) in [5, 5.41) is 0. The van der Waals surface area contributed by atoms with Crippen LogP contribution in [0.5, 0.6) is 0 Å². The van der Waals surface area contributed by atoms with Crippen LogP contribution in [0, 0.1) is 23.7 Å². The van der Waals surface area contributed by atoms with Gasteiger partial charge < -0.3 is 4.74 Å². The number of ether oxygens (including phenoxy) is 1. The first-order valence-electron chi connectivity index (χ1n) is 12.2. The molecule has 1 nitrogen and oxygen atoms in total. The van der Waals surface area contributed by atoms with E-state index >= 15 is 0 Å². The van der Waals surface area contributed by atoms with Crippen LogP contribution in [0.25, 0.3) is 0 Å². The summed E-state index contributed by atoms with van der Waals surface area (Å²) in [5.74, 6) is 4.01. The zero-order valence-electron chi connectivity index (χ0n) is 20.0. The molecule has 0 saturated heterocycles. The Morgan fingerprint density at radius 2 is 1.83 bits per heavy atom. The van der Waals surface area contributed by atoms with Crippen LogP contribution in [0.3, 0.4) is 0 Å². The van der Waals surface area contributed by atoms with Crippen molar-refractivity contribution in [2.45, 2.75) is 90.4 Å². The Morgan fingerprint density at radius 1 is 1.10 bits per heavy atom. The van der Waals surface area contributed by atoms with E-state index in [2.05, 4.69) is 70.2 Å². The molecular weight excluding hydrogens is 384 g/mol. The molecule has 1 aromatic rings. The SMILES string of the molecule is CCCCCCC/C=C(Sc1ccccc1)/C(=C/[C@@H]1C[C@H](C)CC[C@H]1C(C)C)OC. The monoisotopic (exact) mass is 428 g/mol. The molecule has 1 saturated carbocycles. The summed E-state index contributed by atoms with van der Waals surface area (Å²) in [6.07, 6.45) is 16.6. The second kappa shape index (κ2) is 14.0. The highest BCUT2D eigenvalue weighted by Crippen LogP contribution is 2.41. The minimum atomic E-state index is 0.619. The van der Waals surface area contributed by atoms with Crippen LogP contribution in [0.15, 0.2) is 58.0 Å². The van der Waals surface area contributed by atoms with E-state index in [9.17, 15) is 0 Å². The molecule has 1 aliphatic carbocycles. The van der Waals surface area contributed by atoms with Crippen molar-refractivity contribution in [1.82, 2.24) is 0 Å². The van der Waals surface area contributed by atoms with Crippen molar-refractivity contribution in [2.75, 3.05) is 7.11 Å². The van der Waals surface area contributed by atoms with Gasteiger partial charge in [0.15, 0.2) is 0 Å². The van der Waals surface area contributed by atoms with Crippen LogP contribution in [-0.4, -0.2) is 7.11 Å². The fourth-order valence-corrected chi connectivity index (χ4v) is 5.70. The zero-order valence-corrected chi connectivity index (χ0v) is 20.8. The third-order valence-corrected chi connectivity index (χ3v) is 7.61. The number of hydrogen-bond donors (Lipinski definition) is 0. The van der Waals surface area contributed by atoms with Crippen LogP contribution in [0.4, 0.5) is 0 Å². The van der Waals surface area contributed by atoms with Crippen molar-refractivity contribution >= 4 is 11.8 Å². The van der Waals surface area contributed by atoms with Crippen molar-refractivity contribution in [1.29, 1.82) is 0 Å². The van der Waals surface area contributed by atoms with E-state index in [0.717, 1.165) is 29.9 Å². The highest BCUT2D eigenvalue weighted by molar-refractivity contribution is 8.03.